The third-order valence-corrected chi connectivity index (χ3v) is 8.65. The number of piperidine rings is 1. The van der Waals surface area contributed by atoms with Crippen molar-refractivity contribution in [3.63, 3.8) is 0 Å². The molecule has 0 aliphatic carbocycles. The maximum atomic E-state index is 15.5. The highest BCUT2D eigenvalue weighted by Crippen LogP contribution is 2.43. The van der Waals surface area contributed by atoms with Gasteiger partial charge in [-0.05, 0) is 45.3 Å². The summed E-state index contributed by atoms with van der Waals surface area (Å²) in [5.41, 5.74) is 3.05. The minimum Gasteiger partial charge on any atom is -0.490 e. The van der Waals surface area contributed by atoms with E-state index >= 15 is 4.39 Å². The molecule has 1 spiro atoms. The van der Waals surface area contributed by atoms with Gasteiger partial charge in [0.05, 0.1) is 59.6 Å². The van der Waals surface area contributed by atoms with Crippen molar-refractivity contribution in [3.05, 3.63) is 46.9 Å². The van der Waals surface area contributed by atoms with Crippen LogP contribution in [0.3, 0.4) is 0 Å². The van der Waals surface area contributed by atoms with E-state index in [9.17, 15) is 4.79 Å². The van der Waals surface area contributed by atoms with Crippen LogP contribution in [0.2, 0.25) is 0 Å². The first kappa shape index (κ1) is 24.5. The number of imidazole rings is 1. The summed E-state index contributed by atoms with van der Waals surface area (Å²) in [6, 6.07) is 4.75. The van der Waals surface area contributed by atoms with Gasteiger partial charge in [0.25, 0.3) is 0 Å². The van der Waals surface area contributed by atoms with Gasteiger partial charge < -0.3 is 19.1 Å². The second kappa shape index (κ2) is 9.31. The van der Waals surface area contributed by atoms with Crippen molar-refractivity contribution in [2.75, 3.05) is 46.1 Å². The highest BCUT2D eigenvalue weighted by atomic mass is 19.1. The first-order chi connectivity index (χ1) is 18.9. The summed E-state index contributed by atoms with van der Waals surface area (Å²) >= 11 is 0. The normalized spacial score (nSPS) is 20.3. The van der Waals surface area contributed by atoms with Gasteiger partial charge in [-0.1, -0.05) is 0 Å². The fourth-order valence-electron chi connectivity index (χ4n) is 6.22. The van der Waals surface area contributed by atoms with Crippen LogP contribution in [0.4, 0.5) is 4.39 Å². The number of pyridine rings is 2. The number of hydrogen-bond acceptors (Lipinski definition) is 7. The van der Waals surface area contributed by atoms with Crippen LogP contribution in [0.1, 0.15) is 32.2 Å². The van der Waals surface area contributed by atoms with Gasteiger partial charge in [-0.15, -0.1) is 0 Å². The number of benzene rings is 1. The predicted octanol–water partition coefficient (Wildman–Crippen LogP) is 3.92. The summed E-state index contributed by atoms with van der Waals surface area (Å²) in [5, 5.41) is 0.639. The summed E-state index contributed by atoms with van der Waals surface area (Å²) in [6.45, 7) is 7.83. The van der Waals surface area contributed by atoms with Crippen molar-refractivity contribution in [2.45, 2.75) is 32.2 Å². The average Bonchev–Trinajstić information content (AvgIpc) is 3.08. The van der Waals surface area contributed by atoms with Crippen molar-refractivity contribution in [3.8, 4) is 22.8 Å². The molecule has 3 aliphatic heterocycles. The molecule has 4 aromatic rings. The number of aryl methyl sites for hydroxylation is 1. The van der Waals surface area contributed by atoms with Gasteiger partial charge in [-0.2, -0.15) is 0 Å². The number of aromatic nitrogens is 4. The van der Waals surface area contributed by atoms with Crippen LogP contribution in [0, 0.1) is 11.2 Å². The molecule has 9 nitrogen and oxygen atoms in total. The molecule has 0 saturated carbocycles. The monoisotopic (exact) mass is 533 g/mol. The largest absolute Gasteiger partial charge is 0.490 e. The van der Waals surface area contributed by atoms with Crippen LogP contribution in [0.25, 0.3) is 33.1 Å². The molecule has 0 radical (unpaired) electrons. The quantitative estimate of drug-likeness (QED) is 0.348. The Labute approximate surface area is 225 Å². The Morgan fingerprint density at radius 1 is 1.18 bits per heavy atom. The van der Waals surface area contributed by atoms with Crippen molar-refractivity contribution in [2.24, 2.45) is 12.5 Å². The van der Waals surface area contributed by atoms with Crippen LogP contribution in [-0.4, -0.2) is 70.1 Å². The third-order valence-electron chi connectivity index (χ3n) is 8.65. The van der Waals surface area contributed by atoms with Gasteiger partial charge in [0, 0.05) is 42.9 Å². The lowest BCUT2D eigenvalue weighted by atomic mass is 9.77. The molecule has 1 aromatic carbocycles. The zero-order valence-electron chi connectivity index (χ0n) is 22.3. The van der Waals surface area contributed by atoms with Crippen molar-refractivity contribution in [1.29, 1.82) is 0 Å². The fraction of sp³-hybridized carbons (Fsp3) is 0.483. The van der Waals surface area contributed by atoms with Gasteiger partial charge >= 0.3 is 5.69 Å². The van der Waals surface area contributed by atoms with Crippen LogP contribution < -0.4 is 15.2 Å². The highest BCUT2D eigenvalue weighted by molar-refractivity contribution is 6.09. The molecule has 0 N–H and O–H groups in total. The van der Waals surface area contributed by atoms with Gasteiger partial charge in [0.15, 0.2) is 0 Å². The number of halogens is 1. The molecule has 2 fully saturated rings. The molecule has 3 aromatic heterocycles. The van der Waals surface area contributed by atoms with Crippen LogP contribution in [0.5, 0.6) is 11.6 Å². The zero-order valence-corrected chi connectivity index (χ0v) is 22.3. The van der Waals surface area contributed by atoms with E-state index in [0.717, 1.165) is 39.3 Å². The summed E-state index contributed by atoms with van der Waals surface area (Å²) in [7, 11) is 1.73. The zero-order chi connectivity index (χ0) is 26.7. The molecule has 7 rings (SSSR count). The van der Waals surface area contributed by atoms with E-state index in [1.54, 1.807) is 40.7 Å². The minimum atomic E-state index is -0.448. The van der Waals surface area contributed by atoms with E-state index in [4.69, 9.17) is 14.2 Å². The summed E-state index contributed by atoms with van der Waals surface area (Å²) in [5.74, 6) is 0.445. The Kier molecular flexibility index (Phi) is 5.85. The van der Waals surface area contributed by atoms with Crippen LogP contribution in [-0.2, 0) is 11.8 Å². The number of likely N-dealkylation sites (tertiary alicyclic amines) is 1. The number of nitrogens with zero attached hydrogens (tertiary/aromatic N) is 5. The van der Waals surface area contributed by atoms with Crippen molar-refractivity contribution in [1.82, 2.24) is 24.0 Å². The number of rotatable bonds is 6. The predicted molar refractivity (Wildman–Crippen MR) is 145 cm³/mol. The summed E-state index contributed by atoms with van der Waals surface area (Å²) in [6.07, 6.45) is 6.59. The second-order valence-corrected chi connectivity index (χ2v) is 11.2. The Morgan fingerprint density at radius 3 is 2.72 bits per heavy atom. The third kappa shape index (κ3) is 4.00. The van der Waals surface area contributed by atoms with Crippen molar-refractivity contribution >= 4 is 21.9 Å². The fourth-order valence-corrected chi connectivity index (χ4v) is 6.22. The van der Waals surface area contributed by atoms with Gasteiger partial charge in [-0.25, -0.2) is 14.2 Å². The first-order valence-corrected chi connectivity index (χ1v) is 13.7. The van der Waals surface area contributed by atoms with Gasteiger partial charge in [0.2, 0.25) is 5.88 Å². The Hall–Kier alpha value is -3.50. The molecule has 0 unspecified atom stereocenters. The lowest BCUT2D eigenvalue weighted by Gasteiger charge is -2.47. The van der Waals surface area contributed by atoms with E-state index < -0.39 is 5.82 Å². The Balaban J connectivity index is 1.11. The molecule has 39 heavy (non-hydrogen) atoms. The second-order valence-electron chi connectivity index (χ2n) is 11.2. The molecular formula is C29H32FN5O4. The van der Waals surface area contributed by atoms with E-state index in [2.05, 4.69) is 14.9 Å². The standard InChI is InChI=1S/C29H32FN5O4/c1-18-15-39-27-24(20(30)12-21-25(27)26-22(14-31-21)33(2)28(36)35(18)26)19-4-5-23(32-13-19)38-11-3-8-34-9-6-29(7-10-34)16-37-17-29/h4-5,12-14,18H,3,6-11,15-17H2,1-2H3/t18-/m0/s1. The highest BCUT2D eigenvalue weighted by Gasteiger charge is 2.40. The van der Waals surface area contributed by atoms with Gasteiger partial charge in [0.1, 0.15) is 18.2 Å². The number of hydrogen-bond donors (Lipinski definition) is 0. The maximum Gasteiger partial charge on any atom is 0.329 e. The molecular weight excluding hydrogens is 501 g/mol. The smallest absolute Gasteiger partial charge is 0.329 e. The summed E-state index contributed by atoms with van der Waals surface area (Å²) < 4.78 is 36.3. The topological polar surface area (TPSA) is 83.6 Å². The van der Waals surface area contributed by atoms with E-state index in [1.165, 1.54) is 18.9 Å². The Morgan fingerprint density at radius 2 is 2.00 bits per heavy atom. The summed E-state index contributed by atoms with van der Waals surface area (Å²) in [4.78, 5) is 24.4. The lowest BCUT2D eigenvalue weighted by molar-refractivity contribution is -0.139. The molecule has 1 atom stereocenters. The van der Waals surface area contributed by atoms with Crippen molar-refractivity contribution < 1.29 is 18.6 Å². The molecule has 6 heterocycles. The van der Waals surface area contributed by atoms with Crippen LogP contribution in [0.15, 0.2) is 35.4 Å². The van der Waals surface area contributed by atoms with E-state index in [0.29, 0.717) is 56.7 Å². The Bertz CT molecular complexity index is 1620. The first-order valence-electron chi connectivity index (χ1n) is 13.7. The molecule has 3 aliphatic rings. The number of ether oxygens (including phenoxy) is 3. The maximum absolute atomic E-state index is 15.5. The molecule has 10 heteroatoms. The SMILES string of the molecule is C[C@H]1COc2c(-c3ccc(OCCCN4CCC5(CC4)COC5)nc3)c(F)cc3ncc4c(c23)n1c(=O)n4C. The lowest BCUT2D eigenvalue weighted by Crippen LogP contribution is -2.51. The molecule has 0 amide bonds. The van der Waals surface area contributed by atoms with Crippen LogP contribution >= 0.6 is 0 Å². The average molecular weight is 534 g/mol. The van der Waals surface area contributed by atoms with Gasteiger partial charge in [-0.3, -0.25) is 14.1 Å². The molecule has 0 bridgehead atoms. The van der Waals surface area contributed by atoms with E-state index in [-0.39, 0.29) is 18.3 Å². The van der Waals surface area contributed by atoms with E-state index in [1.807, 2.05) is 6.92 Å². The molecule has 204 valence electrons. The minimum absolute atomic E-state index is 0.144. The molecule has 2 saturated heterocycles.